The Morgan fingerprint density at radius 2 is 1.77 bits per heavy atom. The first kappa shape index (κ1) is 16.8. The molecule has 3 nitrogen and oxygen atoms in total. The van der Waals surface area contributed by atoms with Gasteiger partial charge in [0.05, 0.1) is 6.61 Å². The summed E-state index contributed by atoms with van der Waals surface area (Å²) in [6, 6.07) is 11.0. The molecule has 0 saturated heterocycles. The lowest BCUT2D eigenvalue weighted by molar-refractivity contribution is -0.121. The van der Waals surface area contributed by atoms with E-state index in [-0.39, 0.29) is 12.5 Å². The Balaban J connectivity index is 1.85. The molecular weight excluding hydrogens is 321 g/mol. The van der Waals surface area contributed by atoms with Gasteiger partial charge in [-0.05, 0) is 43.2 Å². The van der Waals surface area contributed by atoms with E-state index in [2.05, 4.69) is 11.4 Å². The fourth-order valence-corrected chi connectivity index (χ4v) is 2.61. The lowest BCUT2D eigenvalue weighted by Gasteiger charge is -2.09. The molecule has 0 unspecified atom stereocenters. The number of hydrogen-bond acceptors (Lipinski definition) is 2. The van der Waals surface area contributed by atoms with Crippen LogP contribution in [0.1, 0.15) is 16.7 Å². The van der Waals surface area contributed by atoms with Gasteiger partial charge in [0.15, 0.2) is 0 Å². The molecule has 2 rings (SSSR count). The van der Waals surface area contributed by atoms with E-state index in [1.165, 1.54) is 5.56 Å². The van der Waals surface area contributed by atoms with E-state index in [4.69, 9.17) is 27.9 Å². The Kier molecular flexibility index (Phi) is 5.83. The van der Waals surface area contributed by atoms with Crippen LogP contribution in [0.3, 0.4) is 0 Å². The SMILES string of the molecule is Cc1ccc(COCC(=O)Nc2cc(Cl)cc(Cl)c2)c(C)c1. The van der Waals surface area contributed by atoms with E-state index in [0.717, 1.165) is 11.1 Å². The summed E-state index contributed by atoms with van der Waals surface area (Å²) in [7, 11) is 0. The maximum Gasteiger partial charge on any atom is 0.250 e. The van der Waals surface area contributed by atoms with Crippen molar-refractivity contribution in [3.05, 3.63) is 63.1 Å². The van der Waals surface area contributed by atoms with Crippen molar-refractivity contribution in [2.24, 2.45) is 0 Å². The van der Waals surface area contributed by atoms with E-state index < -0.39 is 0 Å². The first-order chi connectivity index (χ1) is 10.4. The molecule has 5 heteroatoms. The van der Waals surface area contributed by atoms with Crippen LogP contribution in [0.5, 0.6) is 0 Å². The van der Waals surface area contributed by atoms with Crippen LogP contribution >= 0.6 is 23.2 Å². The number of carbonyl (C=O) groups excluding carboxylic acids is 1. The predicted octanol–water partition coefficient (Wildman–Crippen LogP) is 4.77. The highest BCUT2D eigenvalue weighted by Crippen LogP contribution is 2.22. The van der Waals surface area contributed by atoms with Gasteiger partial charge in [0.25, 0.3) is 0 Å². The van der Waals surface area contributed by atoms with Crippen molar-refractivity contribution < 1.29 is 9.53 Å². The topological polar surface area (TPSA) is 38.3 Å². The van der Waals surface area contributed by atoms with Crippen LogP contribution in [-0.4, -0.2) is 12.5 Å². The molecule has 0 atom stereocenters. The van der Waals surface area contributed by atoms with Gasteiger partial charge >= 0.3 is 0 Å². The average Bonchev–Trinajstić information content (AvgIpc) is 2.40. The highest BCUT2D eigenvalue weighted by atomic mass is 35.5. The first-order valence-electron chi connectivity index (χ1n) is 6.84. The molecule has 0 saturated carbocycles. The standard InChI is InChI=1S/C17H17Cl2NO2/c1-11-3-4-13(12(2)5-11)9-22-10-17(21)20-16-7-14(18)6-15(19)8-16/h3-8H,9-10H2,1-2H3,(H,20,21). The van der Waals surface area contributed by atoms with E-state index >= 15 is 0 Å². The van der Waals surface area contributed by atoms with Gasteiger partial charge in [-0.15, -0.1) is 0 Å². The van der Waals surface area contributed by atoms with Crippen LogP contribution in [0.15, 0.2) is 36.4 Å². The maximum atomic E-state index is 11.8. The van der Waals surface area contributed by atoms with Gasteiger partial charge < -0.3 is 10.1 Å². The molecule has 0 fully saturated rings. The van der Waals surface area contributed by atoms with Crippen molar-refractivity contribution >= 4 is 34.8 Å². The fourth-order valence-electron chi connectivity index (χ4n) is 2.08. The quantitative estimate of drug-likeness (QED) is 0.853. The van der Waals surface area contributed by atoms with Crippen molar-refractivity contribution in [3.63, 3.8) is 0 Å². The average molecular weight is 338 g/mol. The summed E-state index contributed by atoms with van der Waals surface area (Å²) in [6.45, 7) is 4.44. The van der Waals surface area contributed by atoms with Gasteiger partial charge in [-0.3, -0.25) is 4.79 Å². The minimum absolute atomic E-state index is 0.0303. The van der Waals surface area contributed by atoms with Gasteiger partial charge in [-0.1, -0.05) is 47.0 Å². The minimum atomic E-state index is -0.247. The molecule has 2 aromatic carbocycles. The molecule has 0 aliphatic carbocycles. The predicted molar refractivity (Wildman–Crippen MR) is 90.7 cm³/mol. The van der Waals surface area contributed by atoms with E-state index in [0.29, 0.717) is 22.3 Å². The molecule has 1 N–H and O–H groups in total. The summed E-state index contributed by atoms with van der Waals surface area (Å²) in [5, 5.41) is 3.64. The molecule has 0 spiro atoms. The highest BCUT2D eigenvalue weighted by molar-refractivity contribution is 6.35. The van der Waals surface area contributed by atoms with Crippen molar-refractivity contribution in [2.75, 3.05) is 11.9 Å². The van der Waals surface area contributed by atoms with Gasteiger partial charge in [0, 0.05) is 15.7 Å². The van der Waals surface area contributed by atoms with Gasteiger partial charge in [0.1, 0.15) is 6.61 Å². The second-order valence-electron chi connectivity index (χ2n) is 5.13. The molecular formula is C17H17Cl2NO2. The van der Waals surface area contributed by atoms with Gasteiger partial charge in [-0.25, -0.2) is 0 Å². The van der Waals surface area contributed by atoms with Crippen LogP contribution < -0.4 is 5.32 Å². The van der Waals surface area contributed by atoms with Crippen LogP contribution in [0.25, 0.3) is 0 Å². The molecule has 0 heterocycles. The Morgan fingerprint density at radius 1 is 1.09 bits per heavy atom. The summed E-state index contributed by atoms with van der Waals surface area (Å²) in [5.74, 6) is -0.247. The third-order valence-corrected chi connectivity index (χ3v) is 3.57. The zero-order valence-electron chi connectivity index (χ0n) is 12.5. The zero-order chi connectivity index (χ0) is 16.1. The third-order valence-electron chi connectivity index (χ3n) is 3.14. The molecule has 0 aliphatic heterocycles. The van der Waals surface area contributed by atoms with Crippen LogP contribution in [0.4, 0.5) is 5.69 Å². The summed E-state index contributed by atoms with van der Waals surface area (Å²) in [6.07, 6.45) is 0. The summed E-state index contributed by atoms with van der Waals surface area (Å²) in [4.78, 5) is 11.8. The number of halogens is 2. The van der Waals surface area contributed by atoms with Crippen LogP contribution in [-0.2, 0) is 16.1 Å². The van der Waals surface area contributed by atoms with Crippen molar-refractivity contribution in [1.29, 1.82) is 0 Å². The van der Waals surface area contributed by atoms with Gasteiger partial charge in [0.2, 0.25) is 5.91 Å². The minimum Gasteiger partial charge on any atom is -0.367 e. The number of nitrogens with one attached hydrogen (secondary N) is 1. The third kappa shape index (κ3) is 5.02. The Bertz CT molecular complexity index is 666. The number of amides is 1. The monoisotopic (exact) mass is 337 g/mol. The van der Waals surface area contributed by atoms with E-state index in [1.54, 1.807) is 18.2 Å². The Labute approximate surface area is 140 Å². The second-order valence-corrected chi connectivity index (χ2v) is 6.00. The van der Waals surface area contributed by atoms with Crippen molar-refractivity contribution in [3.8, 4) is 0 Å². The molecule has 0 aliphatic rings. The normalized spacial score (nSPS) is 10.5. The van der Waals surface area contributed by atoms with Crippen molar-refractivity contribution in [2.45, 2.75) is 20.5 Å². The van der Waals surface area contributed by atoms with Crippen LogP contribution in [0.2, 0.25) is 10.0 Å². The molecule has 2 aromatic rings. The molecule has 0 radical (unpaired) electrons. The largest absolute Gasteiger partial charge is 0.367 e. The zero-order valence-corrected chi connectivity index (χ0v) is 14.0. The lowest BCUT2D eigenvalue weighted by atomic mass is 10.1. The second kappa shape index (κ2) is 7.63. The lowest BCUT2D eigenvalue weighted by Crippen LogP contribution is -2.18. The number of aryl methyl sites for hydroxylation is 2. The molecule has 22 heavy (non-hydrogen) atoms. The van der Waals surface area contributed by atoms with E-state index in [1.807, 2.05) is 26.0 Å². The van der Waals surface area contributed by atoms with Crippen LogP contribution in [0, 0.1) is 13.8 Å². The molecule has 116 valence electrons. The molecule has 0 aromatic heterocycles. The Morgan fingerprint density at radius 3 is 2.41 bits per heavy atom. The smallest absolute Gasteiger partial charge is 0.250 e. The number of anilines is 1. The number of hydrogen-bond donors (Lipinski definition) is 1. The Hall–Kier alpha value is -1.55. The number of benzene rings is 2. The highest BCUT2D eigenvalue weighted by Gasteiger charge is 2.06. The number of carbonyl (C=O) groups is 1. The van der Waals surface area contributed by atoms with Gasteiger partial charge in [-0.2, -0.15) is 0 Å². The summed E-state index contributed by atoms with van der Waals surface area (Å²) < 4.78 is 5.46. The molecule has 1 amide bonds. The van der Waals surface area contributed by atoms with E-state index in [9.17, 15) is 4.79 Å². The summed E-state index contributed by atoms with van der Waals surface area (Å²) in [5.41, 5.74) is 3.99. The molecule has 0 bridgehead atoms. The maximum absolute atomic E-state index is 11.8. The fraction of sp³-hybridized carbons (Fsp3) is 0.235. The number of rotatable bonds is 5. The summed E-state index contributed by atoms with van der Waals surface area (Å²) >= 11 is 11.8. The first-order valence-corrected chi connectivity index (χ1v) is 7.59. The number of ether oxygens (including phenoxy) is 1. The van der Waals surface area contributed by atoms with Crippen molar-refractivity contribution in [1.82, 2.24) is 0 Å².